The number of benzene rings is 2. The van der Waals surface area contributed by atoms with Gasteiger partial charge < -0.3 is 10.1 Å². The molecule has 11 heteroatoms. The van der Waals surface area contributed by atoms with Gasteiger partial charge in [-0.05, 0) is 11.6 Å². The van der Waals surface area contributed by atoms with Gasteiger partial charge in [0.15, 0.2) is 6.61 Å². The highest BCUT2D eigenvalue weighted by molar-refractivity contribution is 5.96. The number of rotatable bonds is 8. The molecule has 3 rings (SSSR count). The average molecular weight is 486 g/mol. The summed E-state index contributed by atoms with van der Waals surface area (Å²) in [6.07, 6.45) is -0.289. The molecule has 8 nitrogen and oxygen atoms in total. The number of alkyl halides is 3. The summed E-state index contributed by atoms with van der Waals surface area (Å²) in [7, 11) is 0. The number of amides is 3. The van der Waals surface area contributed by atoms with Crippen molar-refractivity contribution in [3.63, 3.8) is 0 Å². The molecule has 0 aliphatic rings. The molecule has 0 radical (unpaired) electrons. The minimum Gasteiger partial charge on any atom is -0.452 e. The average Bonchev–Trinajstić information content (AvgIpc) is 3.23. The first-order valence-corrected chi connectivity index (χ1v) is 10.4. The highest BCUT2D eigenvalue weighted by Gasteiger charge is 2.28. The van der Waals surface area contributed by atoms with Gasteiger partial charge in [0.1, 0.15) is 6.54 Å². The fraction of sp³-hybridized carbons (Fsp3) is 0.167. The molecule has 0 saturated heterocycles. The van der Waals surface area contributed by atoms with Gasteiger partial charge in [-0.1, -0.05) is 60.7 Å². The number of urea groups is 1. The molecule has 2 aromatic carbocycles. The van der Waals surface area contributed by atoms with E-state index in [1.807, 2.05) is 60.7 Å². The molecule has 0 aliphatic heterocycles. The Morgan fingerprint density at radius 2 is 1.66 bits per heavy atom. The lowest BCUT2D eigenvalue weighted by molar-refractivity contribution is -0.143. The van der Waals surface area contributed by atoms with Crippen molar-refractivity contribution in [1.82, 2.24) is 20.4 Å². The fourth-order valence-corrected chi connectivity index (χ4v) is 2.96. The van der Waals surface area contributed by atoms with E-state index in [4.69, 9.17) is 4.74 Å². The van der Waals surface area contributed by atoms with Crippen LogP contribution < -0.4 is 10.6 Å². The van der Waals surface area contributed by atoms with Crippen LogP contribution in [0.4, 0.5) is 18.0 Å². The largest absolute Gasteiger partial charge is 0.452 e. The molecule has 0 unspecified atom stereocenters. The van der Waals surface area contributed by atoms with Crippen LogP contribution in [-0.4, -0.2) is 47.0 Å². The van der Waals surface area contributed by atoms with Crippen molar-refractivity contribution in [2.75, 3.05) is 13.2 Å². The second kappa shape index (κ2) is 11.6. The maximum atomic E-state index is 12.1. The number of hydrogen-bond acceptors (Lipinski definition) is 5. The van der Waals surface area contributed by atoms with Crippen LogP contribution in [0.5, 0.6) is 0 Å². The van der Waals surface area contributed by atoms with E-state index in [9.17, 15) is 27.6 Å². The maximum Gasteiger partial charge on any atom is 0.405 e. The van der Waals surface area contributed by atoms with Crippen LogP contribution >= 0.6 is 0 Å². The van der Waals surface area contributed by atoms with Crippen LogP contribution in [0.1, 0.15) is 11.1 Å². The van der Waals surface area contributed by atoms with Gasteiger partial charge in [-0.15, -0.1) is 0 Å². The predicted molar refractivity (Wildman–Crippen MR) is 121 cm³/mol. The zero-order valence-electron chi connectivity index (χ0n) is 18.3. The van der Waals surface area contributed by atoms with E-state index in [1.54, 1.807) is 16.2 Å². The minimum atomic E-state index is -4.62. The molecule has 0 spiro atoms. The number of hydrogen-bond donors (Lipinski definition) is 2. The van der Waals surface area contributed by atoms with Crippen LogP contribution in [0.2, 0.25) is 0 Å². The SMILES string of the molecule is O=C(COC(=O)/C=C/c1cn(Cc2ccccc2)nc1-c1ccccc1)NC(=O)NCC(F)(F)F. The molecule has 3 amide bonds. The number of esters is 1. The van der Waals surface area contributed by atoms with Gasteiger partial charge in [-0.2, -0.15) is 18.3 Å². The van der Waals surface area contributed by atoms with Crippen LogP contribution in [0.3, 0.4) is 0 Å². The van der Waals surface area contributed by atoms with Crippen LogP contribution in [0.15, 0.2) is 72.9 Å². The van der Waals surface area contributed by atoms with Crippen molar-refractivity contribution in [2.45, 2.75) is 12.7 Å². The lowest BCUT2D eigenvalue weighted by Gasteiger charge is -2.08. The maximum absolute atomic E-state index is 12.1. The molecule has 182 valence electrons. The van der Waals surface area contributed by atoms with Gasteiger partial charge in [0.2, 0.25) is 0 Å². The van der Waals surface area contributed by atoms with Crippen molar-refractivity contribution in [1.29, 1.82) is 0 Å². The van der Waals surface area contributed by atoms with Gasteiger partial charge in [0.05, 0.1) is 12.2 Å². The summed E-state index contributed by atoms with van der Waals surface area (Å²) in [4.78, 5) is 34.9. The third-order valence-corrected chi connectivity index (χ3v) is 4.47. The molecular formula is C24H21F3N4O4. The molecule has 3 aromatic rings. The number of nitrogens with one attached hydrogen (secondary N) is 2. The smallest absolute Gasteiger partial charge is 0.405 e. The van der Waals surface area contributed by atoms with Crippen molar-refractivity contribution in [3.05, 3.63) is 84.1 Å². The highest BCUT2D eigenvalue weighted by atomic mass is 19.4. The van der Waals surface area contributed by atoms with Crippen LogP contribution in [0.25, 0.3) is 17.3 Å². The first kappa shape index (κ1) is 25.2. The van der Waals surface area contributed by atoms with Crippen molar-refractivity contribution >= 4 is 24.0 Å². The first-order valence-electron chi connectivity index (χ1n) is 10.4. The monoisotopic (exact) mass is 486 g/mol. The van der Waals surface area contributed by atoms with E-state index in [2.05, 4.69) is 5.10 Å². The zero-order valence-corrected chi connectivity index (χ0v) is 18.3. The van der Waals surface area contributed by atoms with E-state index >= 15 is 0 Å². The van der Waals surface area contributed by atoms with Crippen molar-refractivity contribution < 1.29 is 32.3 Å². The van der Waals surface area contributed by atoms with Gasteiger partial charge in [0, 0.05) is 23.4 Å². The quantitative estimate of drug-likeness (QED) is 0.375. The molecule has 1 heterocycles. The molecule has 0 fully saturated rings. The summed E-state index contributed by atoms with van der Waals surface area (Å²) >= 11 is 0. The summed E-state index contributed by atoms with van der Waals surface area (Å²) in [6.45, 7) is -1.94. The first-order chi connectivity index (χ1) is 16.7. The van der Waals surface area contributed by atoms with E-state index in [0.717, 1.165) is 17.2 Å². The van der Waals surface area contributed by atoms with E-state index < -0.39 is 37.2 Å². The second-order valence-electron chi connectivity index (χ2n) is 7.27. The van der Waals surface area contributed by atoms with Gasteiger partial charge in [-0.3, -0.25) is 14.8 Å². The molecule has 0 aliphatic carbocycles. The number of carbonyl (C=O) groups excluding carboxylic acids is 3. The fourth-order valence-electron chi connectivity index (χ4n) is 2.96. The second-order valence-corrected chi connectivity index (χ2v) is 7.27. The van der Waals surface area contributed by atoms with E-state index in [-0.39, 0.29) is 0 Å². The van der Waals surface area contributed by atoms with Crippen LogP contribution in [-0.2, 0) is 20.9 Å². The lowest BCUT2D eigenvalue weighted by atomic mass is 10.1. The third kappa shape index (κ3) is 8.46. The Labute approximate surface area is 198 Å². The minimum absolute atomic E-state index is 0.509. The number of imide groups is 1. The molecule has 0 atom stereocenters. The molecule has 1 aromatic heterocycles. The Morgan fingerprint density at radius 3 is 2.31 bits per heavy atom. The molecule has 2 N–H and O–H groups in total. The van der Waals surface area contributed by atoms with Gasteiger partial charge in [0.25, 0.3) is 5.91 Å². The topological polar surface area (TPSA) is 102 Å². The van der Waals surface area contributed by atoms with Crippen LogP contribution in [0, 0.1) is 0 Å². The van der Waals surface area contributed by atoms with Gasteiger partial charge >= 0.3 is 18.2 Å². The molecule has 35 heavy (non-hydrogen) atoms. The predicted octanol–water partition coefficient (Wildman–Crippen LogP) is 3.54. The van der Waals surface area contributed by atoms with Gasteiger partial charge in [-0.25, -0.2) is 9.59 Å². The Morgan fingerprint density at radius 1 is 1.00 bits per heavy atom. The number of carbonyl (C=O) groups is 3. The summed E-state index contributed by atoms with van der Waals surface area (Å²) in [5.41, 5.74) is 3.12. The normalized spacial score (nSPS) is 11.3. The standard InChI is InChI=1S/C24H21F3N4O4/c25-24(26,27)16-28-23(34)29-20(32)15-35-21(33)12-11-19-14-31(13-17-7-3-1-4-8-17)30-22(19)18-9-5-2-6-10-18/h1-12,14H,13,15-16H2,(H2,28,29,32,34)/b12-11+. The zero-order chi connectivity index (χ0) is 25.3. The summed E-state index contributed by atoms with van der Waals surface area (Å²) in [5.74, 6) is -1.96. The Kier molecular flexibility index (Phi) is 8.38. The Bertz CT molecular complexity index is 1190. The summed E-state index contributed by atoms with van der Waals surface area (Å²) < 4.78 is 42.7. The third-order valence-electron chi connectivity index (χ3n) is 4.47. The number of nitrogens with zero attached hydrogens (tertiary/aromatic N) is 2. The van der Waals surface area contributed by atoms with E-state index in [0.29, 0.717) is 17.8 Å². The highest BCUT2D eigenvalue weighted by Crippen LogP contribution is 2.23. The molecule has 0 bridgehead atoms. The Balaban J connectivity index is 1.62. The van der Waals surface area contributed by atoms with Crippen molar-refractivity contribution in [2.24, 2.45) is 0 Å². The number of halogens is 3. The number of ether oxygens (including phenoxy) is 1. The molecule has 0 saturated carbocycles. The van der Waals surface area contributed by atoms with E-state index in [1.165, 1.54) is 11.4 Å². The summed E-state index contributed by atoms with van der Waals surface area (Å²) in [5, 5.41) is 7.72. The number of aromatic nitrogens is 2. The molecular weight excluding hydrogens is 465 g/mol. The Hall–Kier alpha value is -4.41. The lowest BCUT2D eigenvalue weighted by Crippen LogP contribution is -2.44. The van der Waals surface area contributed by atoms with Crippen molar-refractivity contribution in [3.8, 4) is 11.3 Å². The summed E-state index contributed by atoms with van der Waals surface area (Å²) in [6, 6.07) is 17.7.